The van der Waals surface area contributed by atoms with Crippen LogP contribution in [0.1, 0.15) is 0 Å². The Bertz CT molecular complexity index is 692. The number of fused-ring (bicyclic) bond motifs is 1. The van der Waals surface area contributed by atoms with Gasteiger partial charge in [0.1, 0.15) is 0 Å². The van der Waals surface area contributed by atoms with Crippen molar-refractivity contribution in [1.29, 1.82) is 0 Å². The molecule has 0 bridgehead atoms. The van der Waals surface area contributed by atoms with Crippen molar-refractivity contribution in [3.8, 4) is 0 Å². The summed E-state index contributed by atoms with van der Waals surface area (Å²) in [7, 11) is 0. The van der Waals surface area contributed by atoms with Crippen molar-refractivity contribution in [3.63, 3.8) is 0 Å². The van der Waals surface area contributed by atoms with Crippen LogP contribution in [0.4, 0.5) is 26.3 Å². The van der Waals surface area contributed by atoms with Crippen LogP contribution in [0.25, 0.3) is 10.8 Å². The van der Waals surface area contributed by atoms with Gasteiger partial charge in [-0.15, -0.1) is 0 Å². The minimum Gasteiger partial charge on any atom is -0.296 e. The molecule has 0 fully saturated rings. The molecule has 0 aliphatic rings. The third-order valence-corrected chi connectivity index (χ3v) is 2.13. The molecule has 2 rings (SSSR count). The molecular formula is C9HF6NO. The number of halogens is 6. The van der Waals surface area contributed by atoms with Crippen molar-refractivity contribution in [2.75, 3.05) is 0 Å². The van der Waals surface area contributed by atoms with Crippen LogP contribution in [0.5, 0.6) is 0 Å². The van der Waals surface area contributed by atoms with Crippen LogP contribution in [-0.4, -0.2) is 4.98 Å². The molecular weight excluding hydrogens is 252 g/mol. The van der Waals surface area contributed by atoms with E-state index < -0.39 is 51.4 Å². The molecule has 0 aliphatic carbocycles. The van der Waals surface area contributed by atoms with Gasteiger partial charge in [-0.1, -0.05) is 0 Å². The summed E-state index contributed by atoms with van der Waals surface area (Å²) in [6, 6.07) is 0. The summed E-state index contributed by atoms with van der Waals surface area (Å²) in [5.74, 6) is -12.7. The Balaban J connectivity index is 3.23. The van der Waals surface area contributed by atoms with Gasteiger partial charge in [-0.2, -0.15) is 4.39 Å². The smallest absolute Gasteiger partial charge is 0.261 e. The molecule has 1 N–H and O–H groups in total. The summed E-state index contributed by atoms with van der Waals surface area (Å²) >= 11 is 0. The van der Waals surface area contributed by atoms with Gasteiger partial charge in [-0.05, 0) is 0 Å². The summed E-state index contributed by atoms with van der Waals surface area (Å²) in [6.07, 6.45) is 0. The maximum Gasteiger partial charge on any atom is 0.261 e. The first-order valence-electron chi connectivity index (χ1n) is 4.09. The zero-order valence-electron chi connectivity index (χ0n) is 7.68. The van der Waals surface area contributed by atoms with E-state index in [4.69, 9.17) is 0 Å². The topological polar surface area (TPSA) is 32.9 Å². The Morgan fingerprint density at radius 1 is 0.647 bits per heavy atom. The van der Waals surface area contributed by atoms with Crippen LogP contribution in [0.3, 0.4) is 0 Å². The van der Waals surface area contributed by atoms with Gasteiger partial charge >= 0.3 is 0 Å². The zero-order chi connectivity index (χ0) is 12.9. The normalized spacial score (nSPS) is 11.2. The molecule has 1 aromatic heterocycles. The monoisotopic (exact) mass is 253 g/mol. The highest BCUT2D eigenvalue weighted by Gasteiger charge is 2.26. The first kappa shape index (κ1) is 11.5. The van der Waals surface area contributed by atoms with Gasteiger partial charge in [0, 0.05) is 0 Å². The highest BCUT2D eigenvalue weighted by molar-refractivity contribution is 5.83. The van der Waals surface area contributed by atoms with Crippen LogP contribution < -0.4 is 5.56 Å². The van der Waals surface area contributed by atoms with E-state index in [1.54, 1.807) is 0 Å². The molecule has 0 aliphatic heterocycles. The molecule has 90 valence electrons. The van der Waals surface area contributed by atoms with Crippen molar-refractivity contribution in [2.24, 2.45) is 0 Å². The van der Waals surface area contributed by atoms with Crippen molar-refractivity contribution < 1.29 is 26.3 Å². The molecule has 0 amide bonds. The minimum atomic E-state index is -2.32. The van der Waals surface area contributed by atoms with Crippen LogP contribution in [0.15, 0.2) is 4.79 Å². The SMILES string of the molecule is O=c1[nH]c(F)c(F)c2c(F)c(F)c(F)c(F)c12. The lowest BCUT2D eigenvalue weighted by Gasteiger charge is -2.05. The Labute approximate surface area is 88.5 Å². The summed E-state index contributed by atoms with van der Waals surface area (Å²) in [4.78, 5) is 12.2. The molecule has 0 spiro atoms. The third kappa shape index (κ3) is 1.40. The average Bonchev–Trinajstić information content (AvgIpc) is 2.28. The molecule has 17 heavy (non-hydrogen) atoms. The molecule has 2 nitrogen and oxygen atoms in total. The number of hydrogen-bond donors (Lipinski definition) is 1. The highest BCUT2D eigenvalue weighted by atomic mass is 19.2. The molecule has 0 unspecified atom stereocenters. The predicted octanol–water partition coefficient (Wildman–Crippen LogP) is 2.36. The molecule has 0 saturated carbocycles. The first-order chi connectivity index (χ1) is 7.86. The van der Waals surface area contributed by atoms with Gasteiger partial charge in [-0.3, -0.25) is 9.78 Å². The van der Waals surface area contributed by atoms with Crippen LogP contribution in [-0.2, 0) is 0 Å². The fourth-order valence-electron chi connectivity index (χ4n) is 1.38. The van der Waals surface area contributed by atoms with E-state index in [1.807, 2.05) is 0 Å². The van der Waals surface area contributed by atoms with Gasteiger partial charge < -0.3 is 0 Å². The second-order valence-corrected chi connectivity index (χ2v) is 3.09. The van der Waals surface area contributed by atoms with Gasteiger partial charge in [0.2, 0.25) is 5.95 Å². The number of H-pyrrole nitrogens is 1. The third-order valence-electron chi connectivity index (χ3n) is 2.13. The Hall–Kier alpha value is -1.99. The van der Waals surface area contributed by atoms with Crippen LogP contribution in [0.2, 0.25) is 0 Å². The van der Waals surface area contributed by atoms with E-state index >= 15 is 0 Å². The molecule has 1 heterocycles. The van der Waals surface area contributed by atoms with Crippen molar-refractivity contribution in [2.45, 2.75) is 0 Å². The second kappa shape index (κ2) is 3.51. The molecule has 1 aromatic carbocycles. The van der Waals surface area contributed by atoms with Crippen molar-refractivity contribution in [1.82, 2.24) is 4.98 Å². The summed E-state index contributed by atoms with van der Waals surface area (Å²) < 4.78 is 77.6. The number of rotatable bonds is 0. The number of aromatic amines is 1. The van der Waals surface area contributed by atoms with E-state index in [2.05, 4.69) is 0 Å². The fourth-order valence-corrected chi connectivity index (χ4v) is 1.38. The summed E-state index contributed by atoms with van der Waals surface area (Å²) in [5, 5.41) is -2.98. The van der Waals surface area contributed by atoms with E-state index in [-0.39, 0.29) is 0 Å². The van der Waals surface area contributed by atoms with Crippen molar-refractivity contribution >= 4 is 10.8 Å². The largest absolute Gasteiger partial charge is 0.296 e. The molecule has 8 heteroatoms. The standard InChI is InChI=1S/C9HF6NO/c10-3-1-2(4(11)7(14)6(3)13)9(17)16-8(15)5(1)12/h(H,16,17). The van der Waals surface area contributed by atoms with Gasteiger partial charge in [-0.25, -0.2) is 22.0 Å². The molecule has 0 saturated heterocycles. The Morgan fingerprint density at radius 3 is 1.65 bits per heavy atom. The van der Waals surface area contributed by atoms with Gasteiger partial charge in [0.15, 0.2) is 29.1 Å². The Morgan fingerprint density at radius 2 is 1.12 bits per heavy atom. The quantitative estimate of drug-likeness (QED) is 0.332. The van der Waals surface area contributed by atoms with Gasteiger partial charge in [0.25, 0.3) is 5.56 Å². The van der Waals surface area contributed by atoms with Crippen LogP contribution in [0, 0.1) is 35.0 Å². The van der Waals surface area contributed by atoms with E-state index in [1.165, 1.54) is 4.98 Å². The lowest BCUT2D eigenvalue weighted by atomic mass is 10.1. The Kier molecular flexibility index (Phi) is 2.37. The van der Waals surface area contributed by atoms with Gasteiger partial charge in [0.05, 0.1) is 10.8 Å². The summed E-state index contributed by atoms with van der Waals surface area (Å²) in [6.45, 7) is 0. The average molecular weight is 253 g/mol. The molecule has 2 aromatic rings. The second-order valence-electron chi connectivity index (χ2n) is 3.09. The number of pyridine rings is 1. The van der Waals surface area contributed by atoms with E-state index in [9.17, 15) is 31.1 Å². The zero-order valence-corrected chi connectivity index (χ0v) is 7.68. The maximum absolute atomic E-state index is 13.1. The number of benzene rings is 1. The first-order valence-corrected chi connectivity index (χ1v) is 4.09. The minimum absolute atomic E-state index is 1.20. The number of nitrogens with one attached hydrogen (secondary N) is 1. The maximum atomic E-state index is 13.1. The lowest BCUT2D eigenvalue weighted by molar-refractivity contribution is 0.412. The van der Waals surface area contributed by atoms with Crippen LogP contribution >= 0.6 is 0 Å². The van der Waals surface area contributed by atoms with E-state index in [0.29, 0.717) is 0 Å². The van der Waals surface area contributed by atoms with Crippen molar-refractivity contribution in [3.05, 3.63) is 45.4 Å². The number of hydrogen-bond acceptors (Lipinski definition) is 1. The molecule has 0 radical (unpaired) electrons. The highest BCUT2D eigenvalue weighted by Crippen LogP contribution is 2.26. The summed E-state index contributed by atoms with van der Waals surface area (Å²) in [5.41, 5.74) is -1.60. The lowest BCUT2D eigenvalue weighted by Crippen LogP contribution is -2.15. The predicted molar refractivity (Wildman–Crippen MR) is 44.3 cm³/mol. The molecule has 0 atom stereocenters. The van der Waals surface area contributed by atoms with E-state index in [0.717, 1.165) is 0 Å². The fraction of sp³-hybridized carbons (Fsp3) is 0. The number of aromatic nitrogens is 1.